The number of piperazine rings is 1. The summed E-state index contributed by atoms with van der Waals surface area (Å²) in [6, 6.07) is 10.6. The second-order valence-corrected chi connectivity index (χ2v) is 7.26. The highest BCUT2D eigenvalue weighted by Gasteiger charge is 2.31. The van der Waals surface area contributed by atoms with Crippen LogP contribution in [-0.4, -0.2) is 43.5 Å². The van der Waals surface area contributed by atoms with E-state index in [0.717, 1.165) is 17.3 Å². The van der Waals surface area contributed by atoms with Crippen molar-refractivity contribution in [3.63, 3.8) is 0 Å². The molecule has 1 aliphatic rings. The zero-order valence-corrected chi connectivity index (χ0v) is 16.1. The Bertz CT molecular complexity index is 849. The number of amides is 1. The summed E-state index contributed by atoms with van der Waals surface area (Å²) < 4.78 is 38.7. The van der Waals surface area contributed by atoms with Gasteiger partial charge in [0.05, 0.1) is 12.1 Å². The molecule has 0 aliphatic carbocycles. The Morgan fingerprint density at radius 3 is 2.46 bits per heavy atom. The second kappa shape index (κ2) is 8.41. The number of hydrogen-bond donors (Lipinski definition) is 1. The molecule has 0 atom stereocenters. The van der Waals surface area contributed by atoms with Crippen LogP contribution in [0.25, 0.3) is 0 Å². The van der Waals surface area contributed by atoms with E-state index in [0.29, 0.717) is 36.9 Å². The van der Waals surface area contributed by atoms with Crippen LogP contribution in [0.1, 0.15) is 11.1 Å². The van der Waals surface area contributed by atoms with E-state index in [-0.39, 0.29) is 12.5 Å². The summed E-state index contributed by atoms with van der Waals surface area (Å²) in [5, 5.41) is 3.49. The van der Waals surface area contributed by atoms with Gasteiger partial charge in [0.15, 0.2) is 0 Å². The monoisotopic (exact) mass is 411 g/mol. The zero-order chi connectivity index (χ0) is 20.3. The molecule has 1 saturated heterocycles. The molecule has 0 saturated carbocycles. The number of nitrogens with one attached hydrogen (secondary N) is 1. The molecule has 1 N–H and O–H groups in total. The van der Waals surface area contributed by atoms with Crippen LogP contribution in [0.5, 0.6) is 0 Å². The van der Waals surface area contributed by atoms with E-state index in [1.54, 1.807) is 24.3 Å². The SMILES string of the molecule is Cc1cc(Cl)ccc1NC(=O)CN1CCN(c2cccc(C(F)(F)F)c2)CC1. The molecule has 0 aromatic heterocycles. The predicted molar refractivity (Wildman–Crippen MR) is 105 cm³/mol. The van der Waals surface area contributed by atoms with Gasteiger partial charge in [-0.05, 0) is 48.9 Å². The van der Waals surface area contributed by atoms with Crippen LogP contribution in [0.4, 0.5) is 24.5 Å². The molecule has 1 fully saturated rings. The Kier molecular flexibility index (Phi) is 6.15. The normalized spacial score (nSPS) is 15.5. The molecule has 0 radical (unpaired) electrons. The van der Waals surface area contributed by atoms with E-state index in [1.807, 2.05) is 16.7 Å². The van der Waals surface area contributed by atoms with Crippen molar-refractivity contribution in [2.75, 3.05) is 42.9 Å². The third-order valence-electron chi connectivity index (χ3n) is 4.74. The highest BCUT2D eigenvalue weighted by Crippen LogP contribution is 2.31. The number of benzene rings is 2. The van der Waals surface area contributed by atoms with Crippen LogP contribution >= 0.6 is 11.6 Å². The number of carbonyl (C=O) groups excluding carboxylic acids is 1. The van der Waals surface area contributed by atoms with Gasteiger partial charge in [0, 0.05) is 42.6 Å². The van der Waals surface area contributed by atoms with Gasteiger partial charge in [0.1, 0.15) is 0 Å². The molecule has 4 nitrogen and oxygen atoms in total. The topological polar surface area (TPSA) is 35.6 Å². The summed E-state index contributed by atoms with van der Waals surface area (Å²) in [6.07, 6.45) is -4.35. The first-order valence-electron chi connectivity index (χ1n) is 8.93. The van der Waals surface area contributed by atoms with E-state index in [4.69, 9.17) is 11.6 Å². The minimum Gasteiger partial charge on any atom is -0.369 e. The number of hydrogen-bond acceptors (Lipinski definition) is 3. The lowest BCUT2D eigenvalue weighted by molar-refractivity contribution is -0.137. The maximum Gasteiger partial charge on any atom is 0.416 e. The highest BCUT2D eigenvalue weighted by molar-refractivity contribution is 6.30. The van der Waals surface area contributed by atoms with Crippen molar-refractivity contribution in [2.24, 2.45) is 0 Å². The van der Waals surface area contributed by atoms with E-state index >= 15 is 0 Å². The molecule has 0 unspecified atom stereocenters. The van der Waals surface area contributed by atoms with Gasteiger partial charge in [-0.3, -0.25) is 9.69 Å². The molecule has 1 aliphatic heterocycles. The van der Waals surface area contributed by atoms with Crippen molar-refractivity contribution in [3.8, 4) is 0 Å². The highest BCUT2D eigenvalue weighted by atomic mass is 35.5. The van der Waals surface area contributed by atoms with Crippen LogP contribution in [-0.2, 0) is 11.0 Å². The van der Waals surface area contributed by atoms with Crippen LogP contribution in [0.15, 0.2) is 42.5 Å². The molecule has 8 heteroatoms. The third-order valence-corrected chi connectivity index (χ3v) is 4.98. The van der Waals surface area contributed by atoms with Gasteiger partial charge in [-0.1, -0.05) is 17.7 Å². The van der Waals surface area contributed by atoms with Gasteiger partial charge in [-0.25, -0.2) is 0 Å². The van der Waals surface area contributed by atoms with Gasteiger partial charge in [0.2, 0.25) is 5.91 Å². The minimum absolute atomic E-state index is 0.127. The van der Waals surface area contributed by atoms with E-state index in [9.17, 15) is 18.0 Å². The van der Waals surface area contributed by atoms with Crippen LogP contribution in [0.3, 0.4) is 0 Å². The lowest BCUT2D eigenvalue weighted by Gasteiger charge is -2.36. The van der Waals surface area contributed by atoms with Crippen molar-refractivity contribution in [2.45, 2.75) is 13.1 Å². The molecule has 2 aromatic rings. The number of halogens is 4. The molecule has 0 bridgehead atoms. The zero-order valence-electron chi connectivity index (χ0n) is 15.4. The Hall–Kier alpha value is -2.25. The fraction of sp³-hybridized carbons (Fsp3) is 0.350. The quantitative estimate of drug-likeness (QED) is 0.808. The lowest BCUT2D eigenvalue weighted by Crippen LogP contribution is -2.48. The van der Waals surface area contributed by atoms with Crippen molar-refractivity contribution in [1.82, 2.24) is 4.90 Å². The number of nitrogens with zero attached hydrogens (tertiary/aromatic N) is 2. The van der Waals surface area contributed by atoms with E-state index in [2.05, 4.69) is 5.32 Å². The lowest BCUT2D eigenvalue weighted by atomic mass is 10.1. The number of carbonyl (C=O) groups is 1. The van der Waals surface area contributed by atoms with Crippen molar-refractivity contribution >= 4 is 28.9 Å². The molecule has 2 aromatic carbocycles. The summed E-state index contributed by atoms with van der Waals surface area (Å²) in [6.45, 7) is 4.43. The number of anilines is 2. The van der Waals surface area contributed by atoms with Gasteiger partial charge >= 0.3 is 6.18 Å². The van der Waals surface area contributed by atoms with Gasteiger partial charge in [0.25, 0.3) is 0 Å². The molecular formula is C20H21ClF3N3O. The fourth-order valence-electron chi connectivity index (χ4n) is 3.20. The Morgan fingerprint density at radius 2 is 1.82 bits per heavy atom. The fourth-order valence-corrected chi connectivity index (χ4v) is 3.43. The molecule has 3 rings (SSSR count). The molecule has 28 heavy (non-hydrogen) atoms. The number of alkyl halides is 3. The minimum atomic E-state index is -4.35. The molecule has 1 amide bonds. The molecule has 150 valence electrons. The summed E-state index contributed by atoms with van der Waals surface area (Å²) in [7, 11) is 0. The first kappa shape index (κ1) is 20.5. The van der Waals surface area contributed by atoms with Gasteiger partial charge in [-0.2, -0.15) is 13.2 Å². The average Bonchev–Trinajstić information content (AvgIpc) is 2.64. The average molecular weight is 412 g/mol. The molecule has 1 heterocycles. The Labute approximate surface area is 166 Å². The third kappa shape index (κ3) is 5.17. The van der Waals surface area contributed by atoms with E-state index in [1.165, 1.54) is 12.1 Å². The first-order chi connectivity index (χ1) is 13.2. The Morgan fingerprint density at radius 1 is 1.11 bits per heavy atom. The largest absolute Gasteiger partial charge is 0.416 e. The smallest absolute Gasteiger partial charge is 0.369 e. The summed E-state index contributed by atoms with van der Waals surface area (Å²) >= 11 is 5.92. The van der Waals surface area contributed by atoms with Crippen LogP contribution in [0, 0.1) is 6.92 Å². The number of rotatable bonds is 4. The van der Waals surface area contributed by atoms with Crippen molar-refractivity contribution in [3.05, 3.63) is 58.6 Å². The van der Waals surface area contributed by atoms with Gasteiger partial charge in [-0.15, -0.1) is 0 Å². The summed E-state index contributed by atoms with van der Waals surface area (Å²) in [5.74, 6) is -0.127. The van der Waals surface area contributed by atoms with Crippen molar-refractivity contribution < 1.29 is 18.0 Å². The first-order valence-corrected chi connectivity index (χ1v) is 9.31. The molecule has 0 spiro atoms. The van der Waals surface area contributed by atoms with Crippen LogP contribution < -0.4 is 10.2 Å². The van der Waals surface area contributed by atoms with Crippen LogP contribution in [0.2, 0.25) is 5.02 Å². The van der Waals surface area contributed by atoms with Crippen molar-refractivity contribution in [1.29, 1.82) is 0 Å². The summed E-state index contributed by atoms with van der Waals surface area (Å²) in [5.41, 5.74) is 1.51. The molecular weight excluding hydrogens is 391 g/mol. The Balaban J connectivity index is 1.53. The number of aryl methyl sites for hydroxylation is 1. The standard InChI is InChI=1S/C20H21ClF3N3O/c1-14-11-16(21)5-6-18(14)25-19(28)13-26-7-9-27(10-8-26)17-4-2-3-15(12-17)20(22,23)24/h2-6,11-12H,7-10,13H2,1H3,(H,25,28). The van der Waals surface area contributed by atoms with Gasteiger partial charge < -0.3 is 10.2 Å². The predicted octanol–water partition coefficient (Wildman–Crippen LogP) is 4.43. The van der Waals surface area contributed by atoms with E-state index < -0.39 is 11.7 Å². The maximum atomic E-state index is 12.9. The second-order valence-electron chi connectivity index (χ2n) is 6.82. The maximum absolute atomic E-state index is 12.9. The summed E-state index contributed by atoms with van der Waals surface area (Å²) in [4.78, 5) is 16.2.